The molecule has 36 heavy (non-hydrogen) atoms. The molecule has 4 rings (SSSR count). The predicted octanol–water partition coefficient (Wildman–Crippen LogP) is 4.73. The molecule has 7 heteroatoms. The second kappa shape index (κ2) is 11.5. The van der Waals surface area contributed by atoms with Gasteiger partial charge in [0.1, 0.15) is 5.75 Å². The van der Waals surface area contributed by atoms with Gasteiger partial charge in [-0.3, -0.25) is 9.59 Å². The van der Waals surface area contributed by atoms with Gasteiger partial charge >= 0.3 is 0 Å². The summed E-state index contributed by atoms with van der Waals surface area (Å²) in [6.45, 7) is 0.401. The lowest BCUT2D eigenvalue weighted by molar-refractivity contribution is 0.0583. The summed E-state index contributed by atoms with van der Waals surface area (Å²) in [6, 6.07) is 23.2. The van der Waals surface area contributed by atoms with Crippen LogP contribution in [0.2, 0.25) is 0 Å². The van der Waals surface area contributed by atoms with Crippen LogP contribution in [0.15, 0.2) is 72.8 Å². The molecular formula is C29H30N4O3. The number of hydrogen-bond donors (Lipinski definition) is 2. The van der Waals surface area contributed by atoms with E-state index in [0.29, 0.717) is 34.7 Å². The number of anilines is 1. The number of amides is 2. The van der Waals surface area contributed by atoms with E-state index in [2.05, 4.69) is 11.4 Å². The zero-order valence-electron chi connectivity index (χ0n) is 20.3. The van der Waals surface area contributed by atoms with Gasteiger partial charge in [0, 0.05) is 29.9 Å². The highest BCUT2D eigenvalue weighted by molar-refractivity contribution is 6.06. The number of hydrogen-bond acceptors (Lipinski definition) is 5. The Bertz CT molecular complexity index is 1250. The van der Waals surface area contributed by atoms with Crippen LogP contribution in [-0.2, 0) is 6.54 Å². The fraction of sp³-hybridized carbons (Fsp3) is 0.276. The Balaban J connectivity index is 1.52. The lowest BCUT2D eigenvalue weighted by atomic mass is 9.89. The molecule has 1 aliphatic rings. The zero-order valence-corrected chi connectivity index (χ0v) is 20.3. The summed E-state index contributed by atoms with van der Waals surface area (Å²) in [5, 5.41) is 12.0. The summed E-state index contributed by atoms with van der Waals surface area (Å²) in [6.07, 6.45) is 3.84. The van der Waals surface area contributed by atoms with Gasteiger partial charge in [0.2, 0.25) is 0 Å². The van der Waals surface area contributed by atoms with Crippen molar-refractivity contribution in [3.05, 3.63) is 95.1 Å². The Kier molecular flexibility index (Phi) is 7.99. The monoisotopic (exact) mass is 482 g/mol. The van der Waals surface area contributed by atoms with E-state index in [0.717, 1.165) is 31.2 Å². The zero-order chi connectivity index (χ0) is 25.5. The Morgan fingerprint density at radius 3 is 2.39 bits per heavy atom. The smallest absolute Gasteiger partial charge is 0.259 e. The fourth-order valence-corrected chi connectivity index (χ4v) is 4.64. The first-order chi connectivity index (χ1) is 17.5. The molecule has 184 valence electrons. The molecule has 1 aliphatic carbocycles. The standard InChI is InChI=1S/C29H30N4O3/c1-36-27-9-5-2-6-24(27)28(34)32-23-16-12-21(13-17-23)19-33(26-8-4-3-7-25(26)31)29(35)22-14-10-20(18-30)11-15-22/h2,5-6,9-17,25-26H,3-4,7-8,19,31H2,1H3,(H,32,34). The average molecular weight is 483 g/mol. The highest BCUT2D eigenvalue weighted by atomic mass is 16.5. The second-order valence-electron chi connectivity index (χ2n) is 8.99. The third kappa shape index (κ3) is 5.73. The summed E-state index contributed by atoms with van der Waals surface area (Å²) in [4.78, 5) is 28.1. The number of carbonyl (C=O) groups excluding carboxylic acids is 2. The summed E-state index contributed by atoms with van der Waals surface area (Å²) in [5.41, 5.74) is 9.54. The van der Waals surface area contributed by atoms with Gasteiger partial charge in [0.25, 0.3) is 11.8 Å². The van der Waals surface area contributed by atoms with Crippen LogP contribution in [0, 0.1) is 11.3 Å². The first-order valence-corrected chi connectivity index (χ1v) is 12.1. The van der Waals surface area contributed by atoms with E-state index in [9.17, 15) is 9.59 Å². The maximum atomic E-state index is 13.5. The molecule has 1 fully saturated rings. The number of rotatable bonds is 7. The van der Waals surface area contributed by atoms with Crippen molar-refractivity contribution in [2.24, 2.45) is 5.73 Å². The van der Waals surface area contributed by atoms with Crippen molar-refractivity contribution in [2.45, 2.75) is 44.3 Å². The lowest BCUT2D eigenvalue weighted by Gasteiger charge is -2.38. The lowest BCUT2D eigenvalue weighted by Crippen LogP contribution is -2.51. The first kappa shape index (κ1) is 25.0. The van der Waals surface area contributed by atoms with Crippen LogP contribution < -0.4 is 15.8 Å². The van der Waals surface area contributed by atoms with Crippen LogP contribution >= 0.6 is 0 Å². The molecule has 1 saturated carbocycles. The molecule has 0 radical (unpaired) electrons. The highest BCUT2D eigenvalue weighted by Crippen LogP contribution is 2.26. The van der Waals surface area contributed by atoms with E-state index in [1.165, 1.54) is 7.11 Å². The van der Waals surface area contributed by atoms with E-state index in [4.69, 9.17) is 15.7 Å². The van der Waals surface area contributed by atoms with Crippen LogP contribution in [0.4, 0.5) is 5.69 Å². The molecule has 0 aliphatic heterocycles. The number of methoxy groups -OCH3 is 1. The number of para-hydroxylation sites is 1. The van der Waals surface area contributed by atoms with Gasteiger partial charge in [-0.05, 0) is 66.9 Å². The summed E-state index contributed by atoms with van der Waals surface area (Å²) < 4.78 is 5.28. The van der Waals surface area contributed by atoms with Gasteiger partial charge in [-0.1, -0.05) is 37.1 Å². The van der Waals surface area contributed by atoms with Crippen molar-refractivity contribution in [3.63, 3.8) is 0 Å². The third-order valence-corrected chi connectivity index (χ3v) is 6.62. The van der Waals surface area contributed by atoms with Crippen LogP contribution in [0.5, 0.6) is 5.75 Å². The average Bonchev–Trinajstić information content (AvgIpc) is 2.92. The van der Waals surface area contributed by atoms with Crippen molar-refractivity contribution in [2.75, 3.05) is 12.4 Å². The third-order valence-electron chi connectivity index (χ3n) is 6.62. The number of nitrogens with two attached hydrogens (primary N) is 1. The van der Waals surface area contributed by atoms with Crippen molar-refractivity contribution in [1.29, 1.82) is 5.26 Å². The van der Waals surface area contributed by atoms with E-state index in [1.54, 1.807) is 42.5 Å². The highest BCUT2D eigenvalue weighted by Gasteiger charge is 2.31. The summed E-state index contributed by atoms with van der Waals surface area (Å²) in [7, 11) is 1.53. The molecule has 3 N–H and O–H groups in total. The van der Waals surface area contributed by atoms with Crippen molar-refractivity contribution in [3.8, 4) is 11.8 Å². The fourth-order valence-electron chi connectivity index (χ4n) is 4.64. The topological polar surface area (TPSA) is 108 Å². The minimum Gasteiger partial charge on any atom is -0.496 e. The molecule has 3 aromatic rings. The van der Waals surface area contributed by atoms with Gasteiger partial charge in [-0.15, -0.1) is 0 Å². The molecule has 2 atom stereocenters. The largest absolute Gasteiger partial charge is 0.496 e. The normalized spacial score (nSPS) is 17.0. The van der Waals surface area contributed by atoms with Gasteiger partial charge < -0.3 is 20.7 Å². The molecule has 0 spiro atoms. The first-order valence-electron chi connectivity index (χ1n) is 12.1. The number of nitrogens with zero attached hydrogens (tertiary/aromatic N) is 2. The van der Waals surface area contributed by atoms with Crippen LogP contribution in [-0.4, -0.2) is 35.9 Å². The molecular weight excluding hydrogens is 452 g/mol. The summed E-state index contributed by atoms with van der Waals surface area (Å²) >= 11 is 0. The minimum absolute atomic E-state index is 0.0631. The van der Waals surface area contributed by atoms with Crippen molar-refractivity contribution < 1.29 is 14.3 Å². The van der Waals surface area contributed by atoms with Crippen molar-refractivity contribution in [1.82, 2.24) is 4.90 Å². The number of nitriles is 1. The van der Waals surface area contributed by atoms with Crippen LogP contribution in [0.25, 0.3) is 0 Å². The molecule has 0 bridgehead atoms. The van der Waals surface area contributed by atoms with E-state index in [1.807, 2.05) is 35.2 Å². The Morgan fingerprint density at radius 1 is 1.03 bits per heavy atom. The van der Waals surface area contributed by atoms with Gasteiger partial charge in [0.05, 0.1) is 24.3 Å². The molecule has 0 heterocycles. The van der Waals surface area contributed by atoms with Gasteiger partial charge in [-0.25, -0.2) is 0 Å². The number of carbonyl (C=O) groups is 2. The summed E-state index contributed by atoms with van der Waals surface area (Å²) in [5.74, 6) is 0.147. The Hall–Kier alpha value is -4.15. The molecule has 7 nitrogen and oxygen atoms in total. The Labute approximate surface area is 211 Å². The number of benzene rings is 3. The van der Waals surface area contributed by atoms with Crippen molar-refractivity contribution >= 4 is 17.5 Å². The minimum atomic E-state index is -0.258. The molecule has 2 unspecified atom stereocenters. The molecule has 2 amide bonds. The maximum Gasteiger partial charge on any atom is 0.259 e. The van der Waals surface area contributed by atoms with Crippen LogP contribution in [0.3, 0.4) is 0 Å². The van der Waals surface area contributed by atoms with E-state index < -0.39 is 0 Å². The predicted molar refractivity (Wildman–Crippen MR) is 139 cm³/mol. The maximum absolute atomic E-state index is 13.5. The molecule has 0 aromatic heterocycles. The molecule has 3 aromatic carbocycles. The van der Waals surface area contributed by atoms with E-state index in [-0.39, 0.29) is 23.9 Å². The SMILES string of the molecule is COc1ccccc1C(=O)Nc1ccc(CN(C(=O)c2ccc(C#N)cc2)C2CCCCC2N)cc1. The van der Waals surface area contributed by atoms with Gasteiger partial charge in [0.15, 0.2) is 0 Å². The van der Waals surface area contributed by atoms with Crippen LogP contribution in [0.1, 0.15) is 57.5 Å². The van der Waals surface area contributed by atoms with E-state index >= 15 is 0 Å². The number of nitrogens with one attached hydrogen (secondary N) is 1. The molecule has 0 saturated heterocycles. The second-order valence-corrected chi connectivity index (χ2v) is 8.99. The van der Waals surface area contributed by atoms with Gasteiger partial charge in [-0.2, -0.15) is 5.26 Å². The number of ether oxygens (including phenoxy) is 1. The quantitative estimate of drug-likeness (QED) is 0.506. The Morgan fingerprint density at radius 2 is 1.72 bits per heavy atom.